The Labute approximate surface area is 120 Å². The average molecular weight is 294 g/mol. The number of primary amides is 1. The van der Waals surface area contributed by atoms with Gasteiger partial charge in [-0.05, 0) is 37.6 Å². The molecule has 21 heavy (non-hydrogen) atoms. The van der Waals surface area contributed by atoms with Crippen LogP contribution in [0.5, 0.6) is 0 Å². The van der Waals surface area contributed by atoms with Crippen molar-refractivity contribution in [2.24, 2.45) is 5.73 Å². The van der Waals surface area contributed by atoms with Crippen molar-refractivity contribution < 1.29 is 23.9 Å². The van der Waals surface area contributed by atoms with E-state index in [1.54, 1.807) is 0 Å². The summed E-state index contributed by atoms with van der Waals surface area (Å²) >= 11 is 0. The Kier molecular flexibility index (Phi) is 4.80. The second-order valence-corrected chi connectivity index (χ2v) is 4.85. The van der Waals surface area contributed by atoms with Crippen molar-refractivity contribution in [1.29, 1.82) is 0 Å². The summed E-state index contributed by atoms with van der Waals surface area (Å²) in [5.74, 6) is -3.54. The minimum Gasteiger partial charge on any atom is -0.478 e. The molecule has 0 bridgehead atoms. The maximum atomic E-state index is 13.8. The first-order valence-electron chi connectivity index (χ1n) is 5.96. The normalized spacial score (nSPS) is 11.4. The second-order valence-electron chi connectivity index (χ2n) is 4.85. The summed E-state index contributed by atoms with van der Waals surface area (Å²) in [5, 5.41) is 10.8. The minimum absolute atomic E-state index is 0.267. The predicted molar refractivity (Wildman–Crippen MR) is 73.8 cm³/mol. The number of aliphatic carboxylic acids is 1. The highest BCUT2D eigenvalue weighted by atomic mass is 19.1. The molecule has 2 amide bonds. The molecule has 7 heteroatoms. The van der Waals surface area contributed by atoms with Crippen LogP contribution in [0.4, 0.5) is 4.39 Å². The van der Waals surface area contributed by atoms with Crippen LogP contribution in [0.2, 0.25) is 0 Å². The number of carbonyl (C=O) groups excluding carboxylic acids is 2. The van der Waals surface area contributed by atoms with Crippen LogP contribution in [0.15, 0.2) is 24.3 Å². The van der Waals surface area contributed by atoms with Gasteiger partial charge in [-0.25, -0.2) is 9.18 Å². The van der Waals surface area contributed by atoms with E-state index in [2.05, 4.69) is 5.32 Å². The number of carboxylic acids is 1. The molecule has 1 aromatic carbocycles. The van der Waals surface area contributed by atoms with Crippen molar-refractivity contribution in [3.8, 4) is 0 Å². The zero-order valence-electron chi connectivity index (χ0n) is 11.5. The largest absolute Gasteiger partial charge is 0.478 e. The molecule has 0 saturated carbocycles. The monoisotopic (exact) mass is 294 g/mol. The first-order chi connectivity index (χ1) is 9.63. The highest BCUT2D eigenvalue weighted by Crippen LogP contribution is 2.13. The molecular weight excluding hydrogens is 279 g/mol. The third-order valence-electron chi connectivity index (χ3n) is 2.70. The number of rotatable bonds is 5. The quantitative estimate of drug-likeness (QED) is 0.701. The Morgan fingerprint density at radius 2 is 1.95 bits per heavy atom. The molecular formula is C14H15FN2O4. The number of carboxylic acid groups (broad SMARTS) is 1. The number of carbonyl (C=O) groups is 3. The molecule has 1 aromatic rings. The summed E-state index contributed by atoms with van der Waals surface area (Å²) in [4.78, 5) is 33.4. The molecule has 1 rings (SSSR count). The van der Waals surface area contributed by atoms with Gasteiger partial charge in [-0.2, -0.15) is 0 Å². The molecule has 0 aliphatic rings. The van der Waals surface area contributed by atoms with E-state index in [0.717, 1.165) is 12.1 Å². The standard InChI is InChI=1S/C14H15FN2O4/c1-14(2,13(16)21)17-12(20)9-5-3-8(7-10(9)15)4-6-11(18)19/h3-7H,1-2H3,(H2,16,21)(H,17,20)(H,18,19). The molecule has 0 saturated heterocycles. The van der Waals surface area contributed by atoms with Gasteiger partial charge in [0, 0.05) is 6.08 Å². The molecule has 0 aliphatic carbocycles. The summed E-state index contributed by atoms with van der Waals surface area (Å²) in [6, 6.07) is 3.60. The topological polar surface area (TPSA) is 109 Å². The summed E-state index contributed by atoms with van der Waals surface area (Å²) in [6.07, 6.45) is 2.05. The van der Waals surface area contributed by atoms with Crippen LogP contribution >= 0.6 is 0 Å². The molecule has 4 N–H and O–H groups in total. The number of amides is 2. The number of benzene rings is 1. The second kappa shape index (κ2) is 6.17. The maximum absolute atomic E-state index is 13.8. The lowest BCUT2D eigenvalue weighted by Gasteiger charge is -2.22. The van der Waals surface area contributed by atoms with Crippen LogP contribution in [0.25, 0.3) is 6.08 Å². The van der Waals surface area contributed by atoms with Crippen LogP contribution in [-0.2, 0) is 9.59 Å². The van der Waals surface area contributed by atoms with Gasteiger partial charge in [0.15, 0.2) is 0 Å². The number of hydrogen-bond acceptors (Lipinski definition) is 3. The molecule has 6 nitrogen and oxygen atoms in total. The fraction of sp³-hybridized carbons (Fsp3) is 0.214. The number of hydrogen-bond donors (Lipinski definition) is 3. The fourth-order valence-corrected chi connectivity index (χ4v) is 1.40. The van der Waals surface area contributed by atoms with Crippen molar-refractivity contribution >= 4 is 23.9 Å². The van der Waals surface area contributed by atoms with Crippen LogP contribution in [-0.4, -0.2) is 28.4 Å². The Balaban J connectivity index is 2.97. The molecule has 0 unspecified atom stereocenters. The van der Waals surface area contributed by atoms with Crippen molar-refractivity contribution in [3.05, 3.63) is 41.2 Å². The first-order valence-corrected chi connectivity index (χ1v) is 5.96. The molecule has 0 spiro atoms. The lowest BCUT2D eigenvalue weighted by Crippen LogP contribution is -2.53. The first kappa shape index (κ1) is 16.4. The SMILES string of the molecule is CC(C)(NC(=O)c1ccc(C=CC(=O)O)cc1F)C(N)=O. The lowest BCUT2D eigenvalue weighted by atomic mass is 10.0. The van der Waals surface area contributed by atoms with Gasteiger partial charge in [0.05, 0.1) is 5.56 Å². The third kappa shape index (κ3) is 4.41. The van der Waals surface area contributed by atoms with Gasteiger partial charge in [0.2, 0.25) is 5.91 Å². The van der Waals surface area contributed by atoms with Crippen LogP contribution in [0.1, 0.15) is 29.8 Å². The van der Waals surface area contributed by atoms with Gasteiger partial charge in [-0.1, -0.05) is 6.07 Å². The molecule has 0 radical (unpaired) electrons. The Bertz CT molecular complexity index is 623. The van der Waals surface area contributed by atoms with Gasteiger partial charge < -0.3 is 16.2 Å². The third-order valence-corrected chi connectivity index (χ3v) is 2.70. The van der Waals surface area contributed by atoms with E-state index in [4.69, 9.17) is 10.8 Å². The van der Waals surface area contributed by atoms with Crippen LogP contribution < -0.4 is 11.1 Å². The highest BCUT2D eigenvalue weighted by molar-refractivity contribution is 5.99. The smallest absolute Gasteiger partial charge is 0.328 e. The zero-order valence-corrected chi connectivity index (χ0v) is 11.5. The van der Waals surface area contributed by atoms with Gasteiger partial charge >= 0.3 is 5.97 Å². The van der Waals surface area contributed by atoms with E-state index in [0.29, 0.717) is 5.56 Å². The van der Waals surface area contributed by atoms with Crippen LogP contribution in [0, 0.1) is 5.82 Å². The van der Waals surface area contributed by atoms with Gasteiger partial charge in [0.1, 0.15) is 11.4 Å². The fourth-order valence-electron chi connectivity index (χ4n) is 1.40. The lowest BCUT2D eigenvalue weighted by molar-refractivity contribution is -0.131. The predicted octanol–water partition coefficient (Wildman–Crippen LogP) is 0.917. The maximum Gasteiger partial charge on any atom is 0.328 e. The summed E-state index contributed by atoms with van der Waals surface area (Å²) in [6.45, 7) is 2.80. The van der Waals surface area contributed by atoms with Crippen LogP contribution in [0.3, 0.4) is 0 Å². The zero-order chi connectivity index (χ0) is 16.2. The molecule has 0 aliphatic heterocycles. The summed E-state index contributed by atoms with van der Waals surface area (Å²) < 4.78 is 13.8. The number of nitrogens with one attached hydrogen (secondary N) is 1. The van der Waals surface area contributed by atoms with Gasteiger partial charge in [-0.15, -0.1) is 0 Å². The molecule has 0 atom stereocenters. The van der Waals surface area contributed by atoms with E-state index < -0.39 is 29.1 Å². The molecule has 0 aromatic heterocycles. The summed E-state index contributed by atoms with van der Waals surface area (Å²) in [5.41, 5.74) is 3.83. The number of halogens is 1. The van der Waals surface area contributed by atoms with E-state index in [-0.39, 0.29) is 5.56 Å². The van der Waals surface area contributed by atoms with Gasteiger partial charge in [0.25, 0.3) is 5.91 Å². The molecule has 0 heterocycles. The van der Waals surface area contributed by atoms with Gasteiger partial charge in [-0.3, -0.25) is 9.59 Å². The molecule has 112 valence electrons. The van der Waals surface area contributed by atoms with E-state index >= 15 is 0 Å². The van der Waals surface area contributed by atoms with Crippen molar-refractivity contribution in [2.45, 2.75) is 19.4 Å². The minimum atomic E-state index is -1.31. The van der Waals surface area contributed by atoms with E-state index in [9.17, 15) is 18.8 Å². The Hall–Kier alpha value is -2.70. The molecule has 0 fully saturated rings. The van der Waals surface area contributed by atoms with Crippen molar-refractivity contribution in [2.75, 3.05) is 0 Å². The van der Waals surface area contributed by atoms with Crippen molar-refractivity contribution in [3.63, 3.8) is 0 Å². The van der Waals surface area contributed by atoms with Crippen molar-refractivity contribution in [1.82, 2.24) is 5.32 Å². The average Bonchev–Trinajstić information content (AvgIpc) is 2.35. The summed E-state index contributed by atoms with van der Waals surface area (Å²) in [7, 11) is 0. The highest BCUT2D eigenvalue weighted by Gasteiger charge is 2.28. The number of nitrogens with two attached hydrogens (primary N) is 1. The Morgan fingerprint density at radius 1 is 1.33 bits per heavy atom. The Morgan fingerprint density at radius 3 is 2.43 bits per heavy atom. The van der Waals surface area contributed by atoms with E-state index in [1.807, 2.05) is 0 Å². The van der Waals surface area contributed by atoms with E-state index in [1.165, 1.54) is 32.1 Å².